The highest BCUT2D eigenvalue weighted by atomic mass is 32.2. The first-order valence-electron chi connectivity index (χ1n) is 5.84. The summed E-state index contributed by atoms with van der Waals surface area (Å²) in [5.41, 5.74) is 2.60. The highest BCUT2D eigenvalue weighted by Crippen LogP contribution is 2.28. The fourth-order valence-electron chi connectivity index (χ4n) is 1.65. The number of aryl methyl sites for hydroxylation is 1. The molecule has 5 nitrogen and oxygen atoms in total. The number of hydrogen-bond acceptors (Lipinski definition) is 6. The van der Waals surface area contributed by atoms with Crippen molar-refractivity contribution in [2.24, 2.45) is 4.99 Å². The molecule has 1 amide bonds. The van der Waals surface area contributed by atoms with Gasteiger partial charge in [-0.1, -0.05) is 22.7 Å². The van der Waals surface area contributed by atoms with Crippen LogP contribution in [0.2, 0.25) is 0 Å². The van der Waals surface area contributed by atoms with E-state index in [4.69, 9.17) is 0 Å². The molecular formula is C13H10N4OS2. The standard InChI is InChI=1S/C13H10N4OS2/c1-8-4-2-3-5-10(8)14-13-15-12(18)11(20-13)6-9-7-19-17-16-9/h2-7H,1H3,(H,14,15,18)/b11-6+. The maximum absolute atomic E-state index is 11.9. The number of nitrogens with zero attached hydrogens (tertiary/aromatic N) is 3. The second kappa shape index (κ2) is 5.56. The Kier molecular flexibility index (Phi) is 3.62. The van der Waals surface area contributed by atoms with E-state index in [2.05, 4.69) is 19.9 Å². The van der Waals surface area contributed by atoms with Gasteiger partial charge in [0.15, 0.2) is 5.17 Å². The average Bonchev–Trinajstić information content (AvgIpc) is 3.04. The van der Waals surface area contributed by atoms with Crippen molar-refractivity contribution in [3.63, 3.8) is 0 Å². The van der Waals surface area contributed by atoms with Gasteiger partial charge in [0.2, 0.25) is 0 Å². The Morgan fingerprint density at radius 3 is 2.95 bits per heavy atom. The molecule has 0 radical (unpaired) electrons. The van der Waals surface area contributed by atoms with Crippen LogP contribution in [0.4, 0.5) is 5.69 Å². The van der Waals surface area contributed by atoms with E-state index in [1.54, 1.807) is 11.5 Å². The van der Waals surface area contributed by atoms with E-state index < -0.39 is 0 Å². The van der Waals surface area contributed by atoms with Gasteiger partial charge in [-0.2, -0.15) is 0 Å². The van der Waals surface area contributed by atoms with Gasteiger partial charge in [-0.3, -0.25) is 4.79 Å². The lowest BCUT2D eigenvalue weighted by molar-refractivity contribution is -0.115. The minimum atomic E-state index is -0.157. The van der Waals surface area contributed by atoms with E-state index in [0.717, 1.165) is 11.3 Å². The highest BCUT2D eigenvalue weighted by molar-refractivity contribution is 8.18. The summed E-state index contributed by atoms with van der Waals surface area (Å²) < 4.78 is 3.76. The average molecular weight is 302 g/mol. The number of hydrogen-bond donors (Lipinski definition) is 1. The third-order valence-electron chi connectivity index (χ3n) is 2.64. The van der Waals surface area contributed by atoms with E-state index in [-0.39, 0.29) is 5.91 Å². The smallest absolute Gasteiger partial charge is 0.264 e. The van der Waals surface area contributed by atoms with Gasteiger partial charge in [-0.15, -0.1) is 5.10 Å². The molecule has 1 aliphatic rings. The molecular weight excluding hydrogens is 292 g/mol. The Balaban J connectivity index is 1.85. The number of amidine groups is 1. The maximum atomic E-state index is 11.9. The summed E-state index contributed by atoms with van der Waals surface area (Å²) in [7, 11) is 0. The van der Waals surface area contributed by atoms with Crippen molar-refractivity contribution < 1.29 is 4.79 Å². The van der Waals surface area contributed by atoms with Crippen molar-refractivity contribution in [1.82, 2.24) is 14.9 Å². The van der Waals surface area contributed by atoms with Crippen LogP contribution in [-0.2, 0) is 4.79 Å². The van der Waals surface area contributed by atoms with Crippen molar-refractivity contribution in [2.45, 2.75) is 6.92 Å². The second-order valence-electron chi connectivity index (χ2n) is 4.10. The number of para-hydroxylation sites is 1. The molecule has 1 N–H and O–H groups in total. The Bertz CT molecular complexity index is 707. The molecule has 20 heavy (non-hydrogen) atoms. The molecule has 100 valence electrons. The van der Waals surface area contributed by atoms with E-state index in [1.165, 1.54) is 23.3 Å². The molecule has 0 saturated carbocycles. The van der Waals surface area contributed by atoms with Gasteiger partial charge in [-0.25, -0.2) is 4.99 Å². The monoisotopic (exact) mass is 302 g/mol. The predicted molar refractivity (Wildman–Crippen MR) is 81.9 cm³/mol. The van der Waals surface area contributed by atoms with Crippen LogP contribution in [0.1, 0.15) is 11.3 Å². The number of aromatic nitrogens is 2. The first-order valence-corrected chi connectivity index (χ1v) is 7.50. The molecule has 0 atom stereocenters. The number of rotatable bonds is 2. The van der Waals surface area contributed by atoms with Gasteiger partial charge in [0.1, 0.15) is 0 Å². The summed E-state index contributed by atoms with van der Waals surface area (Å²) in [6, 6.07) is 7.78. The summed E-state index contributed by atoms with van der Waals surface area (Å²) in [6.45, 7) is 1.98. The lowest BCUT2D eigenvalue weighted by Gasteiger charge is -1.99. The zero-order valence-electron chi connectivity index (χ0n) is 10.5. The molecule has 2 aromatic rings. The normalized spacial score (nSPS) is 18.8. The van der Waals surface area contributed by atoms with Crippen molar-refractivity contribution in [3.8, 4) is 0 Å². The molecule has 1 aliphatic heterocycles. The fourth-order valence-corrected chi connectivity index (χ4v) is 2.88. The van der Waals surface area contributed by atoms with E-state index in [1.807, 2.05) is 31.2 Å². The van der Waals surface area contributed by atoms with Gasteiger partial charge >= 0.3 is 0 Å². The second-order valence-corrected chi connectivity index (χ2v) is 5.74. The lowest BCUT2D eigenvalue weighted by atomic mass is 10.2. The van der Waals surface area contributed by atoms with E-state index in [0.29, 0.717) is 15.8 Å². The largest absolute Gasteiger partial charge is 0.300 e. The summed E-state index contributed by atoms with van der Waals surface area (Å²) in [5.74, 6) is -0.157. The number of amides is 1. The zero-order chi connectivity index (χ0) is 13.9. The molecule has 1 saturated heterocycles. The minimum Gasteiger partial charge on any atom is -0.300 e. The Hall–Kier alpha value is -1.99. The van der Waals surface area contributed by atoms with Gasteiger partial charge in [-0.05, 0) is 47.9 Å². The summed E-state index contributed by atoms with van der Waals surface area (Å²) in [4.78, 5) is 16.9. The molecule has 1 fully saturated rings. The number of thioether (sulfide) groups is 1. The maximum Gasteiger partial charge on any atom is 0.264 e. The third-order valence-corrected chi connectivity index (χ3v) is 4.08. The summed E-state index contributed by atoms with van der Waals surface area (Å²) in [6.07, 6.45) is 1.71. The van der Waals surface area contributed by atoms with Crippen LogP contribution in [0.15, 0.2) is 39.5 Å². The Morgan fingerprint density at radius 2 is 2.20 bits per heavy atom. The molecule has 0 spiro atoms. The highest BCUT2D eigenvalue weighted by Gasteiger charge is 2.24. The van der Waals surface area contributed by atoms with Gasteiger partial charge < -0.3 is 5.32 Å². The van der Waals surface area contributed by atoms with E-state index >= 15 is 0 Å². The van der Waals surface area contributed by atoms with Crippen LogP contribution >= 0.6 is 23.3 Å². The number of nitrogens with one attached hydrogen (secondary N) is 1. The van der Waals surface area contributed by atoms with Gasteiger partial charge in [0.25, 0.3) is 5.91 Å². The molecule has 1 aromatic heterocycles. The molecule has 0 bridgehead atoms. The first-order chi connectivity index (χ1) is 9.72. The van der Waals surface area contributed by atoms with Crippen molar-refractivity contribution >= 4 is 46.1 Å². The number of aliphatic imine (C=N–C) groups is 1. The minimum absolute atomic E-state index is 0.157. The molecule has 0 aliphatic carbocycles. The summed E-state index contributed by atoms with van der Waals surface area (Å²) in [5, 5.41) is 9.02. The fraction of sp³-hybridized carbons (Fsp3) is 0.0769. The Labute approximate surface area is 124 Å². The zero-order valence-corrected chi connectivity index (χ0v) is 12.2. The van der Waals surface area contributed by atoms with Crippen molar-refractivity contribution in [3.05, 3.63) is 45.8 Å². The van der Waals surface area contributed by atoms with Crippen LogP contribution < -0.4 is 5.32 Å². The number of benzene rings is 1. The molecule has 7 heteroatoms. The molecule has 0 unspecified atom stereocenters. The quantitative estimate of drug-likeness (QED) is 0.866. The Morgan fingerprint density at radius 1 is 1.35 bits per heavy atom. The van der Waals surface area contributed by atoms with Gasteiger partial charge in [0, 0.05) is 5.38 Å². The lowest BCUT2D eigenvalue weighted by Crippen LogP contribution is -2.19. The van der Waals surface area contributed by atoms with Crippen molar-refractivity contribution in [1.29, 1.82) is 0 Å². The van der Waals surface area contributed by atoms with Gasteiger partial charge in [0.05, 0.1) is 16.3 Å². The van der Waals surface area contributed by atoms with Crippen LogP contribution in [0, 0.1) is 6.92 Å². The predicted octanol–water partition coefficient (Wildman–Crippen LogP) is 2.74. The molecule has 3 rings (SSSR count). The van der Waals surface area contributed by atoms with Crippen molar-refractivity contribution in [2.75, 3.05) is 0 Å². The topological polar surface area (TPSA) is 67.2 Å². The van der Waals surface area contributed by atoms with E-state index in [9.17, 15) is 4.79 Å². The third kappa shape index (κ3) is 2.78. The summed E-state index contributed by atoms with van der Waals surface area (Å²) >= 11 is 2.56. The van der Waals surface area contributed by atoms with Crippen LogP contribution in [0.5, 0.6) is 0 Å². The van der Waals surface area contributed by atoms with Crippen LogP contribution in [0.3, 0.4) is 0 Å². The molecule has 2 heterocycles. The molecule has 1 aromatic carbocycles. The SMILES string of the molecule is Cc1ccccc1N=C1NC(=O)/C(=C\c2csnn2)S1. The number of carbonyl (C=O) groups is 1. The first kappa shape index (κ1) is 13.0. The van der Waals surface area contributed by atoms with Crippen LogP contribution in [-0.4, -0.2) is 20.7 Å². The van der Waals surface area contributed by atoms with Crippen LogP contribution in [0.25, 0.3) is 6.08 Å². The number of carbonyl (C=O) groups excluding carboxylic acids is 1.